The first-order chi connectivity index (χ1) is 12.0. The lowest BCUT2D eigenvalue weighted by molar-refractivity contribution is -0.194. The van der Waals surface area contributed by atoms with Crippen molar-refractivity contribution >= 4 is 11.9 Å². The van der Waals surface area contributed by atoms with Gasteiger partial charge in [-0.25, -0.2) is 0 Å². The third-order valence-corrected chi connectivity index (χ3v) is 4.17. The molecule has 2 rings (SSSR count). The minimum atomic E-state index is -0.856. The van der Waals surface area contributed by atoms with Crippen LogP contribution in [0, 0.1) is 5.92 Å². The topological polar surface area (TPSA) is 71.1 Å². The summed E-state index contributed by atoms with van der Waals surface area (Å²) in [7, 11) is 0. The second-order valence-corrected chi connectivity index (χ2v) is 6.13. The molecule has 0 N–H and O–H groups in total. The van der Waals surface area contributed by atoms with Gasteiger partial charge in [-0.1, -0.05) is 37.3 Å². The van der Waals surface area contributed by atoms with Crippen LogP contribution in [0.4, 0.5) is 0 Å². The number of esters is 2. The Morgan fingerprint density at radius 3 is 2.36 bits per heavy atom. The SMILES string of the molecule is CC[C@H]1OC(OC(C)=O)[C@@H](OC(C)=O)C1CCOCc1ccccc1. The number of hydrogen-bond acceptors (Lipinski definition) is 6. The quantitative estimate of drug-likeness (QED) is 0.530. The highest BCUT2D eigenvalue weighted by Gasteiger charge is 2.47. The molecule has 0 radical (unpaired) electrons. The summed E-state index contributed by atoms with van der Waals surface area (Å²) >= 11 is 0. The van der Waals surface area contributed by atoms with E-state index in [0.717, 1.165) is 12.0 Å². The van der Waals surface area contributed by atoms with E-state index in [-0.39, 0.29) is 12.0 Å². The number of hydrogen-bond donors (Lipinski definition) is 0. The number of ether oxygens (including phenoxy) is 4. The molecule has 1 aromatic rings. The smallest absolute Gasteiger partial charge is 0.305 e. The molecule has 1 fully saturated rings. The van der Waals surface area contributed by atoms with E-state index in [1.165, 1.54) is 13.8 Å². The highest BCUT2D eigenvalue weighted by atomic mass is 16.7. The van der Waals surface area contributed by atoms with Crippen LogP contribution in [0.5, 0.6) is 0 Å². The van der Waals surface area contributed by atoms with Gasteiger partial charge in [0.2, 0.25) is 6.29 Å². The lowest BCUT2D eigenvalue weighted by atomic mass is 9.93. The lowest BCUT2D eigenvalue weighted by Crippen LogP contribution is -2.35. The minimum Gasteiger partial charge on any atom is -0.455 e. The Morgan fingerprint density at radius 2 is 1.76 bits per heavy atom. The fraction of sp³-hybridized carbons (Fsp3) is 0.579. The highest BCUT2D eigenvalue weighted by molar-refractivity contribution is 5.67. The predicted molar refractivity (Wildman–Crippen MR) is 90.5 cm³/mol. The number of carbonyl (C=O) groups excluding carboxylic acids is 2. The van der Waals surface area contributed by atoms with E-state index in [9.17, 15) is 9.59 Å². The predicted octanol–water partition coefficient (Wildman–Crippen LogP) is 2.84. The molecule has 25 heavy (non-hydrogen) atoms. The first kappa shape index (κ1) is 19.4. The van der Waals surface area contributed by atoms with E-state index in [4.69, 9.17) is 18.9 Å². The molecule has 0 aliphatic carbocycles. The van der Waals surface area contributed by atoms with Crippen molar-refractivity contribution in [2.75, 3.05) is 6.61 Å². The van der Waals surface area contributed by atoms with Gasteiger partial charge in [0.15, 0.2) is 6.10 Å². The fourth-order valence-corrected chi connectivity index (χ4v) is 3.09. The molecule has 138 valence electrons. The van der Waals surface area contributed by atoms with Crippen LogP contribution in [0.3, 0.4) is 0 Å². The molecule has 1 saturated heterocycles. The van der Waals surface area contributed by atoms with Crippen molar-refractivity contribution < 1.29 is 28.5 Å². The molecule has 4 atom stereocenters. The van der Waals surface area contributed by atoms with Gasteiger partial charge in [-0.15, -0.1) is 0 Å². The maximum atomic E-state index is 11.4. The second-order valence-electron chi connectivity index (χ2n) is 6.13. The molecular weight excluding hydrogens is 324 g/mol. The summed E-state index contributed by atoms with van der Waals surface area (Å²) in [4.78, 5) is 22.7. The Labute approximate surface area is 148 Å². The Bertz CT molecular complexity index is 558. The minimum absolute atomic E-state index is 0.0750. The van der Waals surface area contributed by atoms with E-state index in [2.05, 4.69) is 0 Å². The van der Waals surface area contributed by atoms with Crippen molar-refractivity contribution in [3.8, 4) is 0 Å². The van der Waals surface area contributed by atoms with E-state index < -0.39 is 24.3 Å². The first-order valence-corrected chi connectivity index (χ1v) is 8.62. The zero-order valence-electron chi connectivity index (χ0n) is 15.0. The molecule has 2 unspecified atom stereocenters. The van der Waals surface area contributed by atoms with Gasteiger partial charge in [0.05, 0.1) is 12.7 Å². The van der Waals surface area contributed by atoms with Crippen molar-refractivity contribution in [2.45, 2.75) is 58.7 Å². The number of rotatable bonds is 8. The molecule has 1 heterocycles. The average molecular weight is 350 g/mol. The van der Waals surface area contributed by atoms with Crippen LogP contribution in [0.2, 0.25) is 0 Å². The van der Waals surface area contributed by atoms with Gasteiger partial charge in [0.1, 0.15) is 0 Å². The lowest BCUT2D eigenvalue weighted by Gasteiger charge is -2.23. The number of carbonyl (C=O) groups is 2. The molecule has 0 spiro atoms. The van der Waals surface area contributed by atoms with Gasteiger partial charge in [0.25, 0.3) is 0 Å². The van der Waals surface area contributed by atoms with E-state index >= 15 is 0 Å². The van der Waals surface area contributed by atoms with Crippen molar-refractivity contribution in [1.29, 1.82) is 0 Å². The Balaban J connectivity index is 1.93. The van der Waals surface area contributed by atoms with Crippen LogP contribution in [-0.4, -0.2) is 37.0 Å². The van der Waals surface area contributed by atoms with Crippen molar-refractivity contribution in [1.82, 2.24) is 0 Å². The van der Waals surface area contributed by atoms with Gasteiger partial charge in [-0.05, 0) is 18.4 Å². The van der Waals surface area contributed by atoms with E-state index in [1.54, 1.807) is 0 Å². The molecule has 1 aliphatic heterocycles. The van der Waals surface area contributed by atoms with Crippen LogP contribution in [0.15, 0.2) is 30.3 Å². The molecular formula is C19H26O6. The second kappa shape index (κ2) is 9.53. The largest absolute Gasteiger partial charge is 0.455 e. The van der Waals surface area contributed by atoms with Crippen molar-refractivity contribution in [3.63, 3.8) is 0 Å². The summed E-state index contributed by atoms with van der Waals surface area (Å²) < 4.78 is 22.1. The first-order valence-electron chi connectivity index (χ1n) is 8.62. The molecule has 1 aliphatic rings. The van der Waals surface area contributed by atoms with Crippen LogP contribution in [0.25, 0.3) is 0 Å². The van der Waals surface area contributed by atoms with Crippen LogP contribution in [-0.2, 0) is 35.1 Å². The Kier molecular flexibility index (Phi) is 7.40. The van der Waals surface area contributed by atoms with Crippen LogP contribution in [0.1, 0.15) is 39.2 Å². The normalized spacial score (nSPS) is 25.6. The van der Waals surface area contributed by atoms with Gasteiger partial charge < -0.3 is 18.9 Å². The molecule has 6 nitrogen and oxygen atoms in total. The summed E-state index contributed by atoms with van der Waals surface area (Å²) in [5, 5.41) is 0. The number of benzene rings is 1. The molecule has 0 bridgehead atoms. The fourth-order valence-electron chi connectivity index (χ4n) is 3.09. The third-order valence-electron chi connectivity index (χ3n) is 4.17. The standard InChI is InChI=1S/C19H26O6/c1-4-17-16(10-11-22-12-15-8-6-5-7-9-15)18(23-13(2)20)19(25-17)24-14(3)21/h5-9,16-19H,4,10-12H2,1-3H3/t16?,17-,18+,19?/m1/s1. The van der Waals surface area contributed by atoms with E-state index in [0.29, 0.717) is 19.6 Å². The van der Waals surface area contributed by atoms with Gasteiger partial charge in [0, 0.05) is 26.4 Å². The summed E-state index contributed by atoms with van der Waals surface area (Å²) in [6, 6.07) is 9.91. The summed E-state index contributed by atoms with van der Waals surface area (Å²) in [5.74, 6) is -0.954. The monoisotopic (exact) mass is 350 g/mol. The Hall–Kier alpha value is -1.92. The average Bonchev–Trinajstić information content (AvgIpc) is 2.88. The molecule has 6 heteroatoms. The van der Waals surface area contributed by atoms with Crippen molar-refractivity contribution in [3.05, 3.63) is 35.9 Å². The van der Waals surface area contributed by atoms with Crippen molar-refractivity contribution in [2.24, 2.45) is 5.92 Å². The van der Waals surface area contributed by atoms with E-state index in [1.807, 2.05) is 37.3 Å². The molecule has 1 aromatic carbocycles. The third kappa shape index (κ3) is 5.83. The summed E-state index contributed by atoms with van der Waals surface area (Å²) in [5.41, 5.74) is 1.10. The highest BCUT2D eigenvalue weighted by Crippen LogP contribution is 2.34. The zero-order chi connectivity index (χ0) is 18.2. The summed E-state index contributed by atoms with van der Waals surface area (Å²) in [6.07, 6.45) is -0.217. The zero-order valence-corrected chi connectivity index (χ0v) is 15.0. The van der Waals surface area contributed by atoms with Gasteiger partial charge in [-0.2, -0.15) is 0 Å². The summed E-state index contributed by atoms with van der Waals surface area (Å²) in [6.45, 7) is 5.67. The molecule has 0 amide bonds. The molecule has 0 saturated carbocycles. The van der Waals surface area contributed by atoms with Crippen LogP contribution >= 0.6 is 0 Å². The molecule has 0 aromatic heterocycles. The van der Waals surface area contributed by atoms with Gasteiger partial charge in [-0.3, -0.25) is 9.59 Å². The van der Waals surface area contributed by atoms with Gasteiger partial charge >= 0.3 is 11.9 Å². The maximum absolute atomic E-state index is 11.4. The Morgan fingerprint density at radius 1 is 1.08 bits per heavy atom. The van der Waals surface area contributed by atoms with Crippen LogP contribution < -0.4 is 0 Å². The maximum Gasteiger partial charge on any atom is 0.305 e.